The minimum atomic E-state index is -1.51. The quantitative estimate of drug-likeness (QED) is 0.442. The van der Waals surface area contributed by atoms with Crippen LogP contribution in [0.15, 0.2) is 12.1 Å². The van der Waals surface area contributed by atoms with Crippen molar-refractivity contribution in [2.75, 3.05) is 6.16 Å². The minimum absolute atomic E-state index is 0.155. The van der Waals surface area contributed by atoms with Crippen molar-refractivity contribution in [1.82, 2.24) is 0 Å². The third kappa shape index (κ3) is 3.97. The number of Topliss-reactive ketones (excluding diaryl/α,β-unsaturated/α-hetero) is 1. The van der Waals surface area contributed by atoms with Gasteiger partial charge in [-0.1, -0.05) is 50.8 Å². The highest BCUT2D eigenvalue weighted by atomic mass is 31.1. The Balaban J connectivity index is 2.41. The number of carbonyl (C=O) groups is 1. The van der Waals surface area contributed by atoms with E-state index in [1.54, 1.807) is 0 Å². The highest BCUT2D eigenvalue weighted by molar-refractivity contribution is 7.48. The normalized spacial score (nSPS) is 17.8. The van der Waals surface area contributed by atoms with Crippen molar-refractivity contribution in [2.24, 2.45) is 5.92 Å². The van der Waals surface area contributed by atoms with Crippen LogP contribution in [0.4, 0.5) is 0 Å². The van der Waals surface area contributed by atoms with Gasteiger partial charge in [0.1, 0.15) is 5.16 Å². The van der Waals surface area contributed by atoms with Crippen LogP contribution in [0.2, 0.25) is 0 Å². The highest BCUT2D eigenvalue weighted by Gasteiger charge is 2.46. The van der Waals surface area contributed by atoms with Crippen LogP contribution in [-0.4, -0.2) is 17.1 Å². The van der Waals surface area contributed by atoms with Gasteiger partial charge in [-0.15, -0.1) is 0 Å². The molecule has 0 amide bonds. The number of hydrogen-bond donors (Lipinski definition) is 0. The number of rotatable bonds is 6. The van der Waals surface area contributed by atoms with Crippen LogP contribution >= 0.6 is 7.80 Å². The largest absolute Gasteiger partial charge is 0.293 e. The van der Waals surface area contributed by atoms with Gasteiger partial charge in [0.05, 0.1) is 7.80 Å². The molecule has 1 atom stereocenters. The molecule has 0 aliphatic heterocycles. The van der Waals surface area contributed by atoms with Crippen molar-refractivity contribution in [3.63, 3.8) is 0 Å². The fourth-order valence-electron chi connectivity index (χ4n) is 4.09. The summed E-state index contributed by atoms with van der Waals surface area (Å²) in [6.45, 7) is 10.4. The van der Waals surface area contributed by atoms with Gasteiger partial charge in [0.15, 0.2) is 5.78 Å². The Labute approximate surface area is 148 Å². The lowest BCUT2D eigenvalue weighted by Gasteiger charge is -2.35. The fraction of sp³-hybridized carbons (Fsp3) is 0.667. The van der Waals surface area contributed by atoms with E-state index in [0.29, 0.717) is 12.1 Å². The van der Waals surface area contributed by atoms with E-state index in [2.05, 4.69) is 32.9 Å². The van der Waals surface area contributed by atoms with E-state index >= 15 is 0 Å². The molecule has 1 aromatic carbocycles. The molecule has 0 heterocycles. The van der Waals surface area contributed by atoms with E-state index in [-0.39, 0.29) is 5.78 Å². The number of carbonyl (C=O) groups excluding carboxylic acids is 1. The van der Waals surface area contributed by atoms with Crippen LogP contribution in [0.25, 0.3) is 0 Å². The summed E-state index contributed by atoms with van der Waals surface area (Å²) in [4.78, 5) is 13.6. The maximum Gasteiger partial charge on any atom is 0.180 e. The van der Waals surface area contributed by atoms with E-state index in [9.17, 15) is 9.36 Å². The second-order valence-corrected chi connectivity index (χ2v) is 10.0. The standard InChI is InChI=1S/C21H32O2P/c1-15(2)9-12-24(23)21(10-7-6-8-11-21)20(22)19-17(4)13-16(3)14-18(19)5/h13-15H,6-12H2,1-5H3. The summed E-state index contributed by atoms with van der Waals surface area (Å²) in [5.41, 5.74) is 4.09. The fourth-order valence-corrected chi connectivity index (χ4v) is 6.42. The summed E-state index contributed by atoms with van der Waals surface area (Å²) in [5.74, 6) is 0.685. The van der Waals surface area contributed by atoms with E-state index in [1.165, 1.54) is 5.56 Å². The Hall–Kier alpha value is -1.01. The summed E-state index contributed by atoms with van der Waals surface area (Å²) in [7, 11) is -1.51. The molecule has 0 N–H and O–H groups in total. The molecule has 2 rings (SSSR count). The van der Waals surface area contributed by atoms with Gasteiger partial charge in [0.25, 0.3) is 0 Å². The van der Waals surface area contributed by atoms with Gasteiger partial charge in [0, 0.05) is 11.7 Å². The van der Waals surface area contributed by atoms with Gasteiger partial charge in [-0.05, 0) is 57.1 Å². The first-order chi connectivity index (χ1) is 11.3. The summed E-state index contributed by atoms with van der Waals surface area (Å²) in [5, 5.41) is -0.618. The summed E-state index contributed by atoms with van der Waals surface area (Å²) in [6, 6.07) is 4.16. The number of ketones is 1. The molecule has 0 aromatic heterocycles. The Kier molecular flexibility index (Phi) is 6.37. The maximum atomic E-state index is 13.6. The number of hydrogen-bond acceptors (Lipinski definition) is 2. The molecule has 3 heteroatoms. The molecule has 24 heavy (non-hydrogen) atoms. The second-order valence-electron chi connectivity index (χ2n) is 7.98. The van der Waals surface area contributed by atoms with E-state index < -0.39 is 13.0 Å². The Morgan fingerprint density at radius 1 is 1.08 bits per heavy atom. The molecule has 1 aromatic rings. The first kappa shape index (κ1) is 19.3. The molecule has 1 saturated carbocycles. The molecule has 133 valence electrons. The zero-order valence-electron chi connectivity index (χ0n) is 15.9. The first-order valence-electron chi connectivity index (χ1n) is 9.35. The van der Waals surface area contributed by atoms with Crippen LogP contribution in [0.1, 0.15) is 79.4 Å². The van der Waals surface area contributed by atoms with Crippen LogP contribution in [0.3, 0.4) is 0 Å². The molecule has 0 spiro atoms. The zero-order chi connectivity index (χ0) is 17.9. The van der Waals surface area contributed by atoms with E-state index in [4.69, 9.17) is 0 Å². The second kappa shape index (κ2) is 7.91. The van der Waals surface area contributed by atoms with Crippen molar-refractivity contribution in [1.29, 1.82) is 0 Å². The van der Waals surface area contributed by atoms with Crippen LogP contribution in [0.5, 0.6) is 0 Å². The molecule has 1 fully saturated rings. The topological polar surface area (TPSA) is 34.1 Å². The molecule has 1 aliphatic carbocycles. The SMILES string of the molecule is Cc1cc(C)c(C(=O)C2([P](=O)CCC(C)C)CCCCC2)c(C)c1. The Morgan fingerprint density at radius 2 is 1.62 bits per heavy atom. The summed E-state index contributed by atoms with van der Waals surface area (Å²) in [6.07, 6.45) is 6.43. The first-order valence-corrected chi connectivity index (χ1v) is 10.8. The van der Waals surface area contributed by atoms with Crippen molar-refractivity contribution < 1.29 is 9.36 Å². The highest BCUT2D eigenvalue weighted by Crippen LogP contribution is 2.52. The third-order valence-corrected chi connectivity index (χ3v) is 7.66. The molecule has 1 aliphatic rings. The maximum absolute atomic E-state index is 13.6. The third-order valence-electron chi connectivity index (χ3n) is 5.39. The summed E-state index contributed by atoms with van der Waals surface area (Å²) < 4.78 is 13.3. The van der Waals surface area contributed by atoms with Gasteiger partial charge in [-0.2, -0.15) is 0 Å². The van der Waals surface area contributed by atoms with Gasteiger partial charge >= 0.3 is 0 Å². The van der Waals surface area contributed by atoms with Gasteiger partial charge in [0.2, 0.25) is 0 Å². The zero-order valence-corrected chi connectivity index (χ0v) is 16.8. The predicted molar refractivity (Wildman–Crippen MR) is 103 cm³/mol. The van der Waals surface area contributed by atoms with Crippen molar-refractivity contribution in [3.05, 3.63) is 34.4 Å². The lowest BCUT2D eigenvalue weighted by molar-refractivity contribution is 0.0911. The van der Waals surface area contributed by atoms with E-state index in [0.717, 1.165) is 55.2 Å². The smallest absolute Gasteiger partial charge is 0.180 e. The van der Waals surface area contributed by atoms with E-state index in [1.807, 2.05) is 13.8 Å². The monoisotopic (exact) mass is 347 g/mol. The van der Waals surface area contributed by atoms with Gasteiger partial charge in [-0.25, -0.2) is 0 Å². The van der Waals surface area contributed by atoms with Crippen molar-refractivity contribution >= 4 is 13.6 Å². The van der Waals surface area contributed by atoms with Crippen LogP contribution in [0, 0.1) is 26.7 Å². The molecular formula is C21H32O2P. The van der Waals surface area contributed by atoms with Gasteiger partial charge in [-0.3, -0.25) is 9.36 Å². The average Bonchev–Trinajstić information content (AvgIpc) is 2.52. The number of aryl methyl sites for hydroxylation is 3. The average molecular weight is 347 g/mol. The van der Waals surface area contributed by atoms with Crippen LogP contribution in [-0.2, 0) is 4.57 Å². The lowest BCUT2D eigenvalue weighted by atomic mass is 9.80. The summed E-state index contributed by atoms with van der Waals surface area (Å²) >= 11 is 0. The molecule has 1 unspecified atom stereocenters. The molecular weight excluding hydrogens is 315 g/mol. The Morgan fingerprint density at radius 3 is 2.12 bits per heavy atom. The molecule has 0 bridgehead atoms. The minimum Gasteiger partial charge on any atom is -0.293 e. The Bertz CT molecular complexity index is 602. The van der Waals surface area contributed by atoms with Crippen molar-refractivity contribution in [3.8, 4) is 0 Å². The lowest BCUT2D eigenvalue weighted by Crippen LogP contribution is -2.38. The van der Waals surface area contributed by atoms with Crippen LogP contribution < -0.4 is 0 Å². The number of benzene rings is 1. The molecule has 1 radical (unpaired) electrons. The molecule has 0 saturated heterocycles. The predicted octanol–water partition coefficient (Wildman–Crippen LogP) is 6.37. The van der Waals surface area contributed by atoms with Gasteiger partial charge < -0.3 is 0 Å². The molecule has 2 nitrogen and oxygen atoms in total. The van der Waals surface area contributed by atoms with Crippen molar-refractivity contribution in [2.45, 2.75) is 78.3 Å².